The third-order valence-corrected chi connectivity index (χ3v) is 3.46. The fourth-order valence-corrected chi connectivity index (χ4v) is 2.09. The standard InChI is InChI=1S/C16H16ClNO4/c1-9-4-5-12(7-14(9)17)18-15(19)8-21-16(20)13-6-10(2)22-11(13)3/h4-7H,8H2,1-3H3,(H,18,19). The fourth-order valence-electron chi connectivity index (χ4n) is 1.91. The van der Waals surface area contributed by atoms with Crippen molar-refractivity contribution in [2.75, 3.05) is 11.9 Å². The molecule has 1 amide bonds. The van der Waals surface area contributed by atoms with Crippen molar-refractivity contribution in [1.29, 1.82) is 0 Å². The molecule has 1 aromatic heterocycles. The van der Waals surface area contributed by atoms with E-state index in [-0.39, 0.29) is 6.61 Å². The van der Waals surface area contributed by atoms with Crippen LogP contribution in [0.4, 0.5) is 5.69 Å². The Morgan fingerprint density at radius 2 is 1.95 bits per heavy atom. The van der Waals surface area contributed by atoms with Gasteiger partial charge in [-0.05, 0) is 44.5 Å². The molecule has 0 saturated heterocycles. The van der Waals surface area contributed by atoms with E-state index in [2.05, 4.69) is 5.32 Å². The normalized spacial score (nSPS) is 10.4. The van der Waals surface area contributed by atoms with Gasteiger partial charge in [-0.15, -0.1) is 0 Å². The maximum atomic E-state index is 11.9. The van der Waals surface area contributed by atoms with Crippen molar-refractivity contribution in [1.82, 2.24) is 0 Å². The predicted octanol–water partition coefficient (Wildman–Crippen LogP) is 3.65. The number of anilines is 1. The lowest BCUT2D eigenvalue weighted by molar-refractivity contribution is -0.119. The van der Waals surface area contributed by atoms with Crippen molar-refractivity contribution < 1.29 is 18.7 Å². The molecule has 0 aliphatic heterocycles. The van der Waals surface area contributed by atoms with Gasteiger partial charge in [-0.1, -0.05) is 17.7 Å². The van der Waals surface area contributed by atoms with Crippen LogP contribution in [0.1, 0.15) is 27.4 Å². The SMILES string of the molecule is Cc1cc(C(=O)OCC(=O)Nc2ccc(C)c(Cl)c2)c(C)o1. The number of hydrogen-bond acceptors (Lipinski definition) is 4. The smallest absolute Gasteiger partial charge is 0.342 e. The summed E-state index contributed by atoms with van der Waals surface area (Å²) in [6.45, 7) is 4.88. The quantitative estimate of drug-likeness (QED) is 0.873. The first-order chi connectivity index (χ1) is 10.4. The van der Waals surface area contributed by atoms with Crippen LogP contribution in [-0.4, -0.2) is 18.5 Å². The molecule has 5 nitrogen and oxygen atoms in total. The van der Waals surface area contributed by atoms with Crippen LogP contribution in [0.5, 0.6) is 0 Å². The van der Waals surface area contributed by atoms with Gasteiger partial charge in [0.05, 0.1) is 0 Å². The number of rotatable bonds is 4. The molecule has 6 heteroatoms. The maximum Gasteiger partial charge on any atom is 0.342 e. The van der Waals surface area contributed by atoms with E-state index in [9.17, 15) is 9.59 Å². The van der Waals surface area contributed by atoms with Gasteiger partial charge in [-0.25, -0.2) is 4.79 Å². The number of ether oxygens (including phenoxy) is 1. The minimum atomic E-state index is -0.591. The Balaban J connectivity index is 1.91. The fraction of sp³-hybridized carbons (Fsp3) is 0.250. The Kier molecular flexibility index (Phi) is 4.88. The summed E-state index contributed by atoms with van der Waals surface area (Å²) in [4.78, 5) is 23.6. The number of furan rings is 1. The van der Waals surface area contributed by atoms with Crippen LogP contribution in [0.3, 0.4) is 0 Å². The van der Waals surface area contributed by atoms with E-state index < -0.39 is 11.9 Å². The van der Waals surface area contributed by atoms with Crippen molar-refractivity contribution in [2.45, 2.75) is 20.8 Å². The molecule has 1 N–H and O–H groups in total. The third-order valence-electron chi connectivity index (χ3n) is 3.05. The van der Waals surface area contributed by atoms with Gasteiger partial charge >= 0.3 is 5.97 Å². The summed E-state index contributed by atoms with van der Waals surface area (Å²) in [7, 11) is 0. The summed E-state index contributed by atoms with van der Waals surface area (Å²) in [5, 5.41) is 3.17. The number of nitrogens with one attached hydrogen (secondary N) is 1. The van der Waals surface area contributed by atoms with Crippen molar-refractivity contribution in [3.63, 3.8) is 0 Å². The molecule has 0 atom stereocenters. The van der Waals surface area contributed by atoms with E-state index >= 15 is 0 Å². The van der Waals surface area contributed by atoms with Gasteiger partial charge in [0, 0.05) is 10.7 Å². The molecule has 0 radical (unpaired) electrons. The molecule has 0 bridgehead atoms. The van der Waals surface area contributed by atoms with E-state index in [1.54, 1.807) is 38.1 Å². The molecule has 22 heavy (non-hydrogen) atoms. The average Bonchev–Trinajstić information content (AvgIpc) is 2.79. The van der Waals surface area contributed by atoms with Gasteiger partial charge in [0.15, 0.2) is 6.61 Å². The predicted molar refractivity (Wildman–Crippen MR) is 83.3 cm³/mol. The number of halogens is 1. The zero-order valence-electron chi connectivity index (χ0n) is 12.5. The van der Waals surface area contributed by atoms with Crippen LogP contribution in [0, 0.1) is 20.8 Å². The van der Waals surface area contributed by atoms with Crippen LogP contribution in [0.15, 0.2) is 28.7 Å². The van der Waals surface area contributed by atoms with Crippen LogP contribution in [0.25, 0.3) is 0 Å². The van der Waals surface area contributed by atoms with Crippen molar-refractivity contribution in [2.24, 2.45) is 0 Å². The molecule has 0 aliphatic rings. The number of esters is 1. The number of hydrogen-bond donors (Lipinski definition) is 1. The minimum absolute atomic E-state index is 0.323. The van der Waals surface area contributed by atoms with Crippen LogP contribution in [0.2, 0.25) is 5.02 Å². The summed E-state index contributed by atoms with van der Waals surface area (Å²) in [5.41, 5.74) is 1.78. The lowest BCUT2D eigenvalue weighted by atomic mass is 10.2. The average molecular weight is 322 g/mol. The highest BCUT2D eigenvalue weighted by molar-refractivity contribution is 6.31. The molecule has 2 aromatic rings. The summed E-state index contributed by atoms with van der Waals surface area (Å²) >= 11 is 5.98. The van der Waals surface area contributed by atoms with Crippen molar-refractivity contribution in [3.8, 4) is 0 Å². The lowest BCUT2D eigenvalue weighted by Gasteiger charge is -2.07. The highest BCUT2D eigenvalue weighted by Crippen LogP contribution is 2.20. The zero-order valence-corrected chi connectivity index (χ0v) is 13.3. The number of carbonyl (C=O) groups excluding carboxylic acids is 2. The number of aryl methyl sites for hydroxylation is 3. The highest BCUT2D eigenvalue weighted by atomic mass is 35.5. The zero-order chi connectivity index (χ0) is 16.3. The molecule has 0 saturated carbocycles. The minimum Gasteiger partial charge on any atom is -0.466 e. The Bertz CT molecular complexity index is 721. The monoisotopic (exact) mass is 321 g/mol. The van der Waals surface area contributed by atoms with E-state index in [0.29, 0.717) is 27.8 Å². The second-order valence-electron chi connectivity index (χ2n) is 4.92. The Labute approximate surface area is 133 Å². The van der Waals surface area contributed by atoms with Gasteiger partial charge < -0.3 is 14.5 Å². The molecule has 116 valence electrons. The molecule has 2 rings (SSSR count). The summed E-state index contributed by atoms with van der Waals surface area (Å²) in [6.07, 6.45) is 0. The first-order valence-corrected chi connectivity index (χ1v) is 7.05. The molecule has 0 unspecified atom stereocenters. The number of carbonyl (C=O) groups is 2. The topological polar surface area (TPSA) is 68.5 Å². The molecular formula is C16H16ClNO4. The molecule has 0 aliphatic carbocycles. The first kappa shape index (κ1) is 16.1. The Morgan fingerprint density at radius 1 is 1.23 bits per heavy atom. The Morgan fingerprint density at radius 3 is 2.55 bits per heavy atom. The lowest BCUT2D eigenvalue weighted by Crippen LogP contribution is -2.21. The van der Waals surface area contributed by atoms with Gasteiger partial charge in [-0.2, -0.15) is 0 Å². The van der Waals surface area contributed by atoms with Crippen LogP contribution in [-0.2, 0) is 9.53 Å². The molecule has 0 spiro atoms. The third kappa shape index (κ3) is 3.89. The Hall–Kier alpha value is -2.27. The molecule has 0 fully saturated rings. The summed E-state index contributed by atoms with van der Waals surface area (Å²) < 4.78 is 10.2. The largest absolute Gasteiger partial charge is 0.466 e. The second-order valence-corrected chi connectivity index (χ2v) is 5.32. The van der Waals surface area contributed by atoms with Gasteiger partial charge in [0.2, 0.25) is 0 Å². The second kappa shape index (κ2) is 6.66. The van der Waals surface area contributed by atoms with E-state index in [1.165, 1.54) is 0 Å². The van der Waals surface area contributed by atoms with Gasteiger partial charge in [-0.3, -0.25) is 4.79 Å². The molecular weight excluding hydrogens is 306 g/mol. The molecule has 1 aromatic carbocycles. The van der Waals surface area contributed by atoms with E-state index in [4.69, 9.17) is 20.8 Å². The van der Waals surface area contributed by atoms with Gasteiger partial charge in [0.1, 0.15) is 17.1 Å². The summed E-state index contributed by atoms with van der Waals surface area (Å²) in [5.74, 6) is 0.0500. The number of amides is 1. The summed E-state index contributed by atoms with van der Waals surface area (Å²) in [6, 6.07) is 6.74. The van der Waals surface area contributed by atoms with Gasteiger partial charge in [0.25, 0.3) is 5.91 Å². The van der Waals surface area contributed by atoms with Crippen molar-refractivity contribution >= 4 is 29.2 Å². The maximum absolute atomic E-state index is 11.9. The van der Waals surface area contributed by atoms with Crippen LogP contribution < -0.4 is 5.32 Å². The molecule has 1 heterocycles. The van der Waals surface area contributed by atoms with Crippen molar-refractivity contribution in [3.05, 3.63) is 51.9 Å². The first-order valence-electron chi connectivity index (χ1n) is 6.67. The van der Waals surface area contributed by atoms with Crippen LogP contribution >= 0.6 is 11.6 Å². The van der Waals surface area contributed by atoms with E-state index in [1.807, 2.05) is 6.92 Å². The van der Waals surface area contributed by atoms with E-state index in [0.717, 1.165) is 5.56 Å². The highest BCUT2D eigenvalue weighted by Gasteiger charge is 2.16. The number of benzene rings is 1.